The average Bonchev–Trinajstić information content (AvgIpc) is 3.27. The third-order valence-corrected chi connectivity index (χ3v) is 7.06. The summed E-state index contributed by atoms with van der Waals surface area (Å²) in [6.07, 6.45) is 4.48. The summed E-state index contributed by atoms with van der Waals surface area (Å²) in [5, 5.41) is 11.9. The molecule has 0 bridgehead atoms. The van der Waals surface area contributed by atoms with Crippen LogP contribution in [0, 0.1) is 5.41 Å². The Morgan fingerprint density at radius 1 is 1.25 bits per heavy atom. The number of aromatic nitrogens is 2. The van der Waals surface area contributed by atoms with Gasteiger partial charge in [0.1, 0.15) is 10.7 Å². The normalized spacial score (nSPS) is 20.3. The third-order valence-electron chi connectivity index (χ3n) is 5.85. The number of thiophene rings is 1. The van der Waals surface area contributed by atoms with E-state index in [1.165, 1.54) is 5.56 Å². The molecule has 2 aliphatic rings. The molecule has 6 nitrogen and oxygen atoms in total. The van der Waals surface area contributed by atoms with Gasteiger partial charge in [-0.05, 0) is 43.5 Å². The lowest BCUT2D eigenvalue weighted by atomic mass is 9.74. The van der Waals surface area contributed by atoms with Gasteiger partial charge in [0.05, 0.1) is 10.4 Å². The monoisotopic (exact) mass is 401 g/mol. The Labute approximate surface area is 171 Å². The van der Waals surface area contributed by atoms with Crippen LogP contribution in [0.3, 0.4) is 0 Å². The van der Waals surface area contributed by atoms with Crippen molar-refractivity contribution in [2.75, 3.05) is 51.6 Å². The minimum atomic E-state index is 0.00884. The van der Waals surface area contributed by atoms with Crippen LogP contribution in [0.5, 0.6) is 0 Å². The minimum Gasteiger partial charge on any atom is -0.376 e. The van der Waals surface area contributed by atoms with Crippen LogP contribution in [-0.4, -0.2) is 72.1 Å². The molecule has 3 heterocycles. The lowest BCUT2D eigenvalue weighted by Gasteiger charge is -2.32. The zero-order valence-corrected chi connectivity index (χ0v) is 18.0. The van der Waals surface area contributed by atoms with Crippen LogP contribution in [0.1, 0.15) is 42.6 Å². The fourth-order valence-electron chi connectivity index (χ4n) is 4.29. The molecule has 1 aliphatic heterocycles. The van der Waals surface area contributed by atoms with Gasteiger partial charge in [-0.15, -0.1) is 11.3 Å². The number of carbonyl (C=O) groups excluding carboxylic acids is 1. The fraction of sp³-hybridized carbons (Fsp3) is 0.619. The van der Waals surface area contributed by atoms with Crippen LogP contribution in [0.15, 0.2) is 12.3 Å². The predicted molar refractivity (Wildman–Crippen MR) is 115 cm³/mol. The second kappa shape index (κ2) is 7.97. The summed E-state index contributed by atoms with van der Waals surface area (Å²) in [5.41, 5.74) is 3.05. The largest absolute Gasteiger partial charge is 0.376 e. The number of fused-ring (bicyclic) bond motifs is 1. The number of rotatable bonds is 6. The van der Waals surface area contributed by atoms with Crippen LogP contribution in [0.25, 0.3) is 10.6 Å². The Bertz CT molecular complexity index is 818. The van der Waals surface area contributed by atoms with E-state index in [1.807, 2.05) is 12.3 Å². The van der Waals surface area contributed by atoms with Gasteiger partial charge in [-0.3, -0.25) is 9.89 Å². The van der Waals surface area contributed by atoms with Crippen LogP contribution >= 0.6 is 11.3 Å². The van der Waals surface area contributed by atoms with Crippen molar-refractivity contribution in [2.24, 2.45) is 5.41 Å². The summed E-state index contributed by atoms with van der Waals surface area (Å²) in [6, 6.07) is 2.00. The number of likely N-dealkylation sites (N-methyl/N-ethyl adjacent to an activating group) is 1. The van der Waals surface area contributed by atoms with Gasteiger partial charge in [0.15, 0.2) is 5.78 Å². The highest BCUT2D eigenvalue weighted by Crippen LogP contribution is 2.47. The van der Waals surface area contributed by atoms with Crippen LogP contribution in [0.4, 0.5) is 5.00 Å². The fourth-order valence-corrected chi connectivity index (χ4v) is 5.52. The van der Waals surface area contributed by atoms with E-state index in [2.05, 4.69) is 46.2 Å². The molecule has 4 rings (SSSR count). The highest BCUT2D eigenvalue weighted by molar-refractivity contribution is 7.20. The van der Waals surface area contributed by atoms with Crippen molar-refractivity contribution in [3.8, 4) is 10.6 Å². The average molecular weight is 402 g/mol. The first-order chi connectivity index (χ1) is 13.4. The Morgan fingerprint density at radius 3 is 2.75 bits per heavy atom. The predicted octanol–water partition coefficient (Wildman–Crippen LogP) is 3.34. The van der Waals surface area contributed by atoms with E-state index in [9.17, 15) is 4.79 Å². The van der Waals surface area contributed by atoms with Gasteiger partial charge in [-0.1, -0.05) is 13.8 Å². The van der Waals surface area contributed by atoms with Crippen molar-refractivity contribution < 1.29 is 4.79 Å². The van der Waals surface area contributed by atoms with Gasteiger partial charge in [0.25, 0.3) is 0 Å². The first kappa shape index (κ1) is 19.6. The highest BCUT2D eigenvalue weighted by Gasteiger charge is 2.36. The topological polar surface area (TPSA) is 64.3 Å². The van der Waals surface area contributed by atoms with Gasteiger partial charge >= 0.3 is 0 Å². The van der Waals surface area contributed by atoms with Gasteiger partial charge in [-0.2, -0.15) is 5.10 Å². The molecule has 0 saturated carbocycles. The molecule has 0 spiro atoms. The van der Waals surface area contributed by atoms with Gasteiger partial charge in [0.2, 0.25) is 0 Å². The maximum atomic E-state index is 12.9. The number of nitrogens with zero attached hydrogens (tertiary/aromatic N) is 3. The molecule has 28 heavy (non-hydrogen) atoms. The number of anilines is 1. The van der Waals surface area contributed by atoms with Crippen molar-refractivity contribution in [1.29, 1.82) is 0 Å². The van der Waals surface area contributed by atoms with Crippen LogP contribution < -0.4 is 5.32 Å². The Kier molecular flexibility index (Phi) is 5.58. The molecule has 2 aromatic heterocycles. The smallest absolute Gasteiger partial charge is 0.166 e. The van der Waals surface area contributed by atoms with Crippen LogP contribution in [0.2, 0.25) is 0 Å². The molecule has 1 saturated heterocycles. The van der Waals surface area contributed by atoms with E-state index in [1.54, 1.807) is 11.3 Å². The zero-order chi connectivity index (χ0) is 19.7. The van der Waals surface area contributed by atoms with E-state index in [4.69, 9.17) is 0 Å². The molecular weight excluding hydrogens is 370 g/mol. The zero-order valence-electron chi connectivity index (χ0n) is 17.2. The standard InChI is InChI=1S/C21H31N5OS/c1-21(2)13-15-18(17(27)14-21)20(28-19(15)16-5-7-23-24-16)22-6-4-8-26-11-9-25(3)10-12-26/h5,7,22H,4,6,8-14H2,1-3H3,(H,23,24). The van der Waals surface area contributed by atoms with Crippen molar-refractivity contribution in [3.63, 3.8) is 0 Å². The SMILES string of the molecule is CN1CCN(CCCNc2sc(-c3cc[nH]n3)c3c2C(=O)CC(C)(C)C3)CC1. The highest BCUT2D eigenvalue weighted by atomic mass is 32.1. The number of H-pyrrole nitrogens is 1. The molecule has 0 atom stereocenters. The summed E-state index contributed by atoms with van der Waals surface area (Å²) in [5.74, 6) is 0.269. The van der Waals surface area contributed by atoms with Crippen molar-refractivity contribution in [2.45, 2.75) is 33.1 Å². The molecule has 2 aromatic rings. The maximum absolute atomic E-state index is 12.9. The Hall–Kier alpha value is -1.70. The summed E-state index contributed by atoms with van der Waals surface area (Å²) in [6.45, 7) is 11.0. The number of ketones is 1. The maximum Gasteiger partial charge on any atom is 0.166 e. The lowest BCUT2D eigenvalue weighted by Crippen LogP contribution is -2.44. The molecule has 0 amide bonds. The summed E-state index contributed by atoms with van der Waals surface area (Å²) in [4.78, 5) is 19.0. The third kappa shape index (κ3) is 4.16. The second-order valence-corrected chi connectivity index (χ2v) is 9.96. The molecule has 7 heteroatoms. The van der Waals surface area contributed by atoms with E-state index >= 15 is 0 Å². The minimum absolute atomic E-state index is 0.00884. The van der Waals surface area contributed by atoms with Crippen molar-refractivity contribution >= 4 is 22.1 Å². The lowest BCUT2D eigenvalue weighted by molar-refractivity contribution is 0.0914. The number of hydrogen-bond donors (Lipinski definition) is 2. The first-order valence-corrected chi connectivity index (χ1v) is 11.1. The van der Waals surface area contributed by atoms with Crippen molar-refractivity contribution in [1.82, 2.24) is 20.0 Å². The molecule has 1 fully saturated rings. The molecule has 0 radical (unpaired) electrons. The van der Waals surface area contributed by atoms with Gasteiger partial charge in [0, 0.05) is 45.3 Å². The van der Waals surface area contributed by atoms with Crippen molar-refractivity contribution in [3.05, 3.63) is 23.4 Å². The Balaban J connectivity index is 1.46. The van der Waals surface area contributed by atoms with Crippen LogP contribution in [-0.2, 0) is 6.42 Å². The Morgan fingerprint density at radius 2 is 2.04 bits per heavy atom. The molecule has 0 unspecified atom stereocenters. The summed E-state index contributed by atoms with van der Waals surface area (Å²) >= 11 is 1.69. The van der Waals surface area contributed by atoms with Gasteiger partial charge < -0.3 is 15.1 Å². The molecular formula is C21H31N5OS. The molecule has 2 N–H and O–H groups in total. The van der Waals surface area contributed by atoms with E-state index in [0.717, 1.165) is 73.2 Å². The number of Topliss-reactive ketones (excluding diaryl/α,β-unsaturated/α-hetero) is 1. The second-order valence-electron chi connectivity index (χ2n) is 8.94. The number of piperazine rings is 1. The molecule has 152 valence electrons. The van der Waals surface area contributed by atoms with E-state index < -0.39 is 0 Å². The number of carbonyl (C=O) groups is 1. The van der Waals surface area contributed by atoms with E-state index in [-0.39, 0.29) is 11.2 Å². The number of aromatic amines is 1. The quantitative estimate of drug-likeness (QED) is 0.727. The number of hydrogen-bond acceptors (Lipinski definition) is 6. The number of nitrogens with one attached hydrogen (secondary N) is 2. The first-order valence-electron chi connectivity index (χ1n) is 10.3. The molecule has 1 aliphatic carbocycles. The van der Waals surface area contributed by atoms with Gasteiger partial charge in [-0.25, -0.2) is 0 Å². The molecule has 0 aromatic carbocycles. The summed E-state index contributed by atoms with van der Waals surface area (Å²) in [7, 11) is 2.19. The summed E-state index contributed by atoms with van der Waals surface area (Å²) < 4.78 is 0. The van der Waals surface area contributed by atoms with E-state index in [0.29, 0.717) is 6.42 Å².